The molecule has 0 saturated carbocycles. The average molecular weight is 399 g/mol. The lowest BCUT2D eigenvalue weighted by Gasteiger charge is -2.48. The standard InChI is InChI=1S/C25H21NO4/c1-30-15-12-10-14(11-13-15)26-24(27)22-20-16-6-2-4-8-18(16)21(23(22)25(28)29)19-9-5-3-7-17(19)20/h2-13,20-23H,1H3,(H,26,27)(H,28,29)/t20?,21?,22-,23+/m1/s1. The number of methoxy groups -OCH3 is 1. The van der Waals surface area contributed by atoms with E-state index in [-0.39, 0.29) is 17.7 Å². The summed E-state index contributed by atoms with van der Waals surface area (Å²) in [6.07, 6.45) is 0. The van der Waals surface area contributed by atoms with Gasteiger partial charge in [0, 0.05) is 17.5 Å². The number of anilines is 1. The van der Waals surface area contributed by atoms with Crippen molar-refractivity contribution >= 4 is 17.6 Å². The first-order chi connectivity index (χ1) is 14.6. The molecule has 5 heteroatoms. The lowest BCUT2D eigenvalue weighted by molar-refractivity contribution is -0.148. The summed E-state index contributed by atoms with van der Waals surface area (Å²) in [5.41, 5.74) is 4.75. The predicted octanol–water partition coefficient (Wildman–Crippen LogP) is 4.24. The number of benzene rings is 3. The van der Waals surface area contributed by atoms with Gasteiger partial charge < -0.3 is 15.2 Å². The number of hydrogen-bond acceptors (Lipinski definition) is 3. The highest BCUT2D eigenvalue weighted by molar-refractivity contribution is 5.98. The number of rotatable bonds is 4. The lowest BCUT2D eigenvalue weighted by atomic mass is 9.54. The maximum atomic E-state index is 13.4. The van der Waals surface area contributed by atoms with Gasteiger partial charge in [-0.15, -0.1) is 0 Å². The van der Waals surface area contributed by atoms with E-state index >= 15 is 0 Å². The van der Waals surface area contributed by atoms with Crippen LogP contribution in [0.4, 0.5) is 5.69 Å². The Kier molecular flexibility index (Phi) is 4.31. The molecule has 1 amide bonds. The van der Waals surface area contributed by atoms with Crippen LogP contribution in [-0.4, -0.2) is 24.1 Å². The van der Waals surface area contributed by atoms with Gasteiger partial charge in [-0.05, 0) is 46.5 Å². The average Bonchev–Trinajstić information content (AvgIpc) is 2.79. The van der Waals surface area contributed by atoms with Crippen LogP contribution in [0.3, 0.4) is 0 Å². The fraction of sp³-hybridized carbons (Fsp3) is 0.200. The number of nitrogens with one attached hydrogen (secondary N) is 1. The molecule has 0 aromatic heterocycles. The van der Waals surface area contributed by atoms with Crippen molar-refractivity contribution < 1.29 is 19.4 Å². The molecule has 3 aromatic carbocycles. The van der Waals surface area contributed by atoms with Crippen LogP contribution in [0, 0.1) is 11.8 Å². The smallest absolute Gasteiger partial charge is 0.308 e. The molecule has 3 aromatic rings. The summed E-state index contributed by atoms with van der Waals surface area (Å²) >= 11 is 0. The summed E-state index contributed by atoms with van der Waals surface area (Å²) in [5.74, 6) is -2.67. The summed E-state index contributed by atoms with van der Waals surface area (Å²) < 4.78 is 5.17. The molecular weight excluding hydrogens is 378 g/mol. The molecular formula is C25H21NO4. The number of ether oxygens (including phenoxy) is 1. The van der Waals surface area contributed by atoms with Crippen molar-refractivity contribution in [3.63, 3.8) is 0 Å². The minimum absolute atomic E-state index is 0.272. The molecule has 2 bridgehead atoms. The molecule has 3 aliphatic rings. The van der Waals surface area contributed by atoms with E-state index in [1.807, 2.05) is 48.5 Å². The number of aliphatic carboxylic acids is 1. The maximum absolute atomic E-state index is 13.4. The number of fused-ring (bicyclic) bond motifs is 1. The van der Waals surface area contributed by atoms with Crippen LogP contribution < -0.4 is 10.1 Å². The molecule has 2 atom stereocenters. The highest BCUT2D eigenvalue weighted by atomic mass is 16.5. The van der Waals surface area contributed by atoms with E-state index in [1.165, 1.54) is 0 Å². The highest BCUT2D eigenvalue weighted by Gasteiger charge is 2.55. The summed E-state index contributed by atoms with van der Waals surface area (Å²) in [6.45, 7) is 0. The maximum Gasteiger partial charge on any atom is 0.308 e. The molecule has 0 aliphatic heterocycles. The van der Waals surface area contributed by atoms with Crippen molar-refractivity contribution in [2.75, 3.05) is 12.4 Å². The van der Waals surface area contributed by atoms with Crippen LogP contribution in [-0.2, 0) is 9.59 Å². The quantitative estimate of drug-likeness (QED) is 0.688. The molecule has 30 heavy (non-hydrogen) atoms. The van der Waals surface area contributed by atoms with Crippen LogP contribution in [0.15, 0.2) is 72.8 Å². The van der Waals surface area contributed by atoms with Gasteiger partial charge in [-0.3, -0.25) is 9.59 Å². The van der Waals surface area contributed by atoms with Gasteiger partial charge in [0.05, 0.1) is 18.9 Å². The van der Waals surface area contributed by atoms with Crippen molar-refractivity contribution in [3.05, 3.63) is 95.1 Å². The summed E-state index contributed by atoms with van der Waals surface area (Å²) in [5, 5.41) is 13.1. The Hall–Kier alpha value is -3.60. The first kappa shape index (κ1) is 18.4. The van der Waals surface area contributed by atoms with Gasteiger partial charge >= 0.3 is 5.97 Å². The monoisotopic (exact) mass is 399 g/mol. The SMILES string of the molecule is COc1ccc(NC(=O)[C@@H]2C3c4ccccc4C(c4ccccc43)[C@@H]2C(=O)O)cc1. The van der Waals surface area contributed by atoms with Crippen molar-refractivity contribution in [1.29, 1.82) is 0 Å². The number of carboxylic acids is 1. The highest BCUT2D eigenvalue weighted by Crippen LogP contribution is 2.58. The Morgan fingerprint density at radius 2 is 1.23 bits per heavy atom. The first-order valence-corrected chi connectivity index (χ1v) is 9.95. The zero-order valence-corrected chi connectivity index (χ0v) is 16.4. The minimum Gasteiger partial charge on any atom is -0.497 e. The molecule has 0 fully saturated rings. The van der Waals surface area contributed by atoms with Crippen LogP contribution in [0.25, 0.3) is 0 Å². The van der Waals surface area contributed by atoms with Gasteiger partial charge in [0.2, 0.25) is 5.91 Å². The third kappa shape index (κ3) is 2.70. The Labute approximate surface area is 174 Å². The lowest BCUT2D eigenvalue weighted by Crippen LogP contribution is -2.48. The molecule has 3 aliphatic carbocycles. The van der Waals surface area contributed by atoms with E-state index in [2.05, 4.69) is 5.32 Å². The second-order valence-electron chi connectivity index (χ2n) is 7.82. The van der Waals surface area contributed by atoms with Crippen LogP contribution in [0.2, 0.25) is 0 Å². The van der Waals surface area contributed by atoms with E-state index in [9.17, 15) is 14.7 Å². The van der Waals surface area contributed by atoms with E-state index in [4.69, 9.17) is 4.74 Å². The van der Waals surface area contributed by atoms with Crippen molar-refractivity contribution in [1.82, 2.24) is 0 Å². The number of carbonyl (C=O) groups is 2. The topological polar surface area (TPSA) is 75.6 Å². The van der Waals surface area contributed by atoms with Gasteiger partial charge in [-0.2, -0.15) is 0 Å². The molecule has 150 valence electrons. The van der Waals surface area contributed by atoms with Gasteiger partial charge in [-0.25, -0.2) is 0 Å². The third-order valence-electron chi connectivity index (χ3n) is 6.38. The number of carbonyl (C=O) groups excluding carboxylic acids is 1. The fourth-order valence-electron chi connectivity index (χ4n) is 5.19. The predicted molar refractivity (Wildman–Crippen MR) is 113 cm³/mol. The van der Waals surface area contributed by atoms with E-state index in [1.54, 1.807) is 31.4 Å². The Morgan fingerprint density at radius 1 is 0.767 bits per heavy atom. The van der Waals surface area contributed by atoms with Gasteiger partial charge in [0.1, 0.15) is 5.75 Å². The third-order valence-corrected chi connectivity index (χ3v) is 6.38. The van der Waals surface area contributed by atoms with Crippen LogP contribution in [0.5, 0.6) is 5.75 Å². The Balaban J connectivity index is 1.60. The second kappa shape index (κ2) is 7.02. The number of amides is 1. The van der Waals surface area contributed by atoms with E-state index < -0.39 is 17.8 Å². The first-order valence-electron chi connectivity index (χ1n) is 9.95. The Bertz CT molecular complexity index is 1090. The summed E-state index contributed by atoms with van der Waals surface area (Å²) in [7, 11) is 1.58. The molecule has 0 saturated heterocycles. The molecule has 5 nitrogen and oxygen atoms in total. The second-order valence-corrected chi connectivity index (χ2v) is 7.82. The van der Waals surface area contributed by atoms with Crippen molar-refractivity contribution in [3.8, 4) is 5.75 Å². The zero-order valence-electron chi connectivity index (χ0n) is 16.4. The summed E-state index contributed by atoms with van der Waals surface area (Å²) in [4.78, 5) is 25.9. The van der Waals surface area contributed by atoms with Crippen molar-refractivity contribution in [2.45, 2.75) is 11.8 Å². The number of hydrogen-bond donors (Lipinski definition) is 2. The normalized spacial score (nSPS) is 23.2. The molecule has 0 spiro atoms. The minimum atomic E-state index is -0.941. The molecule has 0 heterocycles. The summed E-state index contributed by atoms with van der Waals surface area (Å²) in [6, 6.07) is 22.9. The van der Waals surface area contributed by atoms with Gasteiger partial charge in [0.25, 0.3) is 0 Å². The largest absolute Gasteiger partial charge is 0.497 e. The van der Waals surface area contributed by atoms with Crippen LogP contribution in [0.1, 0.15) is 34.1 Å². The molecule has 0 radical (unpaired) electrons. The molecule has 2 N–H and O–H groups in total. The Morgan fingerprint density at radius 3 is 1.67 bits per heavy atom. The van der Waals surface area contributed by atoms with E-state index in [0.29, 0.717) is 11.4 Å². The van der Waals surface area contributed by atoms with Crippen LogP contribution >= 0.6 is 0 Å². The fourth-order valence-corrected chi connectivity index (χ4v) is 5.19. The van der Waals surface area contributed by atoms with Gasteiger partial charge in [-0.1, -0.05) is 48.5 Å². The number of carboxylic acid groups (broad SMARTS) is 1. The van der Waals surface area contributed by atoms with Crippen molar-refractivity contribution in [2.24, 2.45) is 11.8 Å². The molecule has 6 rings (SSSR count). The van der Waals surface area contributed by atoms with Gasteiger partial charge in [0.15, 0.2) is 0 Å². The molecule has 0 unspecified atom stereocenters. The van der Waals surface area contributed by atoms with E-state index in [0.717, 1.165) is 22.3 Å². The zero-order chi connectivity index (χ0) is 20.8.